The molecule has 1 aliphatic carbocycles. The average molecular weight is 371 g/mol. The molecule has 0 saturated heterocycles. The molecule has 3 rings (SSSR count). The molecule has 0 radical (unpaired) electrons. The van der Waals surface area contributed by atoms with E-state index in [1.54, 1.807) is 0 Å². The highest BCUT2D eigenvalue weighted by atomic mass is 16.2. The van der Waals surface area contributed by atoms with E-state index in [0.717, 1.165) is 30.9 Å². The van der Waals surface area contributed by atoms with Gasteiger partial charge in [0.2, 0.25) is 5.91 Å². The minimum Gasteiger partial charge on any atom is -0.370 e. The number of rotatable bonds is 9. The van der Waals surface area contributed by atoms with Crippen molar-refractivity contribution in [2.24, 2.45) is 0 Å². The minimum absolute atomic E-state index is 0.0338. The molecule has 27 heavy (non-hydrogen) atoms. The Hall–Kier alpha value is -2.97. The Kier molecular flexibility index (Phi) is 6.00. The molecular formula is C18H25N7O2. The first-order chi connectivity index (χ1) is 13.0. The second kappa shape index (κ2) is 8.61. The van der Waals surface area contributed by atoms with Gasteiger partial charge in [0.15, 0.2) is 0 Å². The van der Waals surface area contributed by atoms with Crippen LogP contribution in [-0.4, -0.2) is 45.1 Å². The summed E-state index contributed by atoms with van der Waals surface area (Å²) in [7, 11) is 0. The Bertz CT molecular complexity index is 861. The Morgan fingerprint density at radius 3 is 2.59 bits per heavy atom. The fraction of sp³-hybridized carbons (Fsp3) is 0.500. The molecule has 1 fully saturated rings. The average Bonchev–Trinajstić information content (AvgIpc) is 3.45. The summed E-state index contributed by atoms with van der Waals surface area (Å²) in [6.07, 6.45) is 3.64. The van der Waals surface area contributed by atoms with Gasteiger partial charge in [0.05, 0.1) is 12.0 Å². The van der Waals surface area contributed by atoms with Gasteiger partial charge in [-0.25, -0.2) is 15.0 Å². The van der Waals surface area contributed by atoms with Gasteiger partial charge in [0.25, 0.3) is 5.56 Å². The second-order valence-electron chi connectivity index (χ2n) is 6.55. The summed E-state index contributed by atoms with van der Waals surface area (Å²) in [6, 6.07) is 3.36. The third kappa shape index (κ3) is 5.50. The van der Waals surface area contributed by atoms with Crippen LogP contribution in [0.4, 0.5) is 11.6 Å². The van der Waals surface area contributed by atoms with Gasteiger partial charge in [-0.05, 0) is 26.7 Å². The van der Waals surface area contributed by atoms with Crippen molar-refractivity contribution in [1.29, 1.82) is 0 Å². The highest BCUT2D eigenvalue weighted by molar-refractivity contribution is 5.75. The number of carbonyl (C=O) groups excluding carboxylic acids is 1. The predicted molar refractivity (Wildman–Crippen MR) is 103 cm³/mol. The van der Waals surface area contributed by atoms with E-state index >= 15 is 0 Å². The maximum Gasteiger partial charge on any atom is 0.254 e. The molecule has 0 aromatic carbocycles. The molecule has 144 valence electrons. The third-order valence-electron chi connectivity index (χ3n) is 4.16. The minimum atomic E-state index is -0.230. The van der Waals surface area contributed by atoms with Gasteiger partial charge in [0.1, 0.15) is 24.0 Å². The van der Waals surface area contributed by atoms with Gasteiger partial charge < -0.3 is 16.0 Å². The smallest absolute Gasteiger partial charge is 0.254 e. The second-order valence-corrected chi connectivity index (χ2v) is 6.55. The molecule has 2 heterocycles. The first kappa shape index (κ1) is 18.8. The quantitative estimate of drug-likeness (QED) is 0.561. The van der Waals surface area contributed by atoms with Crippen molar-refractivity contribution in [3.8, 4) is 0 Å². The highest BCUT2D eigenvalue weighted by Crippen LogP contribution is 2.38. The molecule has 0 unspecified atom stereocenters. The van der Waals surface area contributed by atoms with E-state index in [-0.39, 0.29) is 18.0 Å². The zero-order valence-electron chi connectivity index (χ0n) is 15.7. The van der Waals surface area contributed by atoms with Crippen LogP contribution in [0.3, 0.4) is 0 Å². The molecular weight excluding hydrogens is 346 g/mol. The summed E-state index contributed by atoms with van der Waals surface area (Å²) in [6.45, 7) is 5.51. The van der Waals surface area contributed by atoms with E-state index in [2.05, 4.69) is 30.9 Å². The monoisotopic (exact) mass is 371 g/mol. The Balaban J connectivity index is 1.44. The number of amides is 1. The number of nitrogens with zero attached hydrogens (tertiary/aromatic N) is 4. The summed E-state index contributed by atoms with van der Waals surface area (Å²) >= 11 is 0. The predicted octanol–water partition coefficient (Wildman–Crippen LogP) is 0.879. The third-order valence-corrected chi connectivity index (χ3v) is 4.16. The summed E-state index contributed by atoms with van der Waals surface area (Å²) in [4.78, 5) is 37.0. The van der Waals surface area contributed by atoms with Crippen LogP contribution in [0.25, 0.3) is 0 Å². The normalized spacial score (nSPS) is 13.3. The number of anilines is 2. The molecule has 1 aliphatic rings. The largest absolute Gasteiger partial charge is 0.370 e. The van der Waals surface area contributed by atoms with Crippen molar-refractivity contribution in [3.05, 3.63) is 40.3 Å². The summed E-state index contributed by atoms with van der Waals surface area (Å²) < 4.78 is 1.32. The van der Waals surface area contributed by atoms with Crippen LogP contribution in [0.2, 0.25) is 0 Å². The number of aromatic nitrogens is 4. The summed E-state index contributed by atoms with van der Waals surface area (Å²) in [5, 5.41) is 9.09. The van der Waals surface area contributed by atoms with Crippen molar-refractivity contribution >= 4 is 17.5 Å². The van der Waals surface area contributed by atoms with Gasteiger partial charge >= 0.3 is 0 Å². The van der Waals surface area contributed by atoms with Gasteiger partial charge in [-0.3, -0.25) is 14.2 Å². The van der Waals surface area contributed by atoms with Gasteiger partial charge in [-0.15, -0.1) is 0 Å². The molecule has 0 aliphatic heterocycles. The van der Waals surface area contributed by atoms with Crippen LogP contribution >= 0.6 is 0 Å². The molecule has 0 spiro atoms. The number of carbonyl (C=O) groups is 1. The summed E-state index contributed by atoms with van der Waals surface area (Å²) in [5.41, 5.74) is 0.644. The Morgan fingerprint density at radius 2 is 1.93 bits per heavy atom. The SMILES string of the molecule is CCNc1cc(NCCNC(=O)Cn2cnc(C3CC3)cc2=O)nc(C)n1. The Labute approximate surface area is 157 Å². The lowest BCUT2D eigenvalue weighted by Gasteiger charge is -2.10. The van der Waals surface area contributed by atoms with Crippen LogP contribution in [0.1, 0.15) is 37.2 Å². The fourth-order valence-electron chi connectivity index (χ4n) is 2.69. The van der Waals surface area contributed by atoms with E-state index in [1.165, 1.54) is 17.0 Å². The molecule has 2 aromatic heterocycles. The standard InChI is InChI=1S/C18H25N7O2/c1-3-19-15-9-16(24-12(2)23-15)20-6-7-21-17(26)10-25-11-22-14(8-18(25)27)13-4-5-13/h8-9,11,13H,3-7,10H2,1-2H3,(H,21,26)(H2,19,20,23,24). The fourth-order valence-corrected chi connectivity index (χ4v) is 2.69. The van der Waals surface area contributed by atoms with Crippen LogP contribution < -0.4 is 21.5 Å². The van der Waals surface area contributed by atoms with Crippen LogP contribution in [-0.2, 0) is 11.3 Å². The topological polar surface area (TPSA) is 114 Å². The van der Waals surface area contributed by atoms with Crippen LogP contribution in [0.15, 0.2) is 23.3 Å². The van der Waals surface area contributed by atoms with Crippen LogP contribution in [0, 0.1) is 6.92 Å². The summed E-state index contributed by atoms with van der Waals surface area (Å²) in [5.74, 6) is 2.32. The van der Waals surface area contributed by atoms with E-state index in [1.807, 2.05) is 19.9 Å². The molecule has 1 saturated carbocycles. The van der Waals surface area contributed by atoms with Crippen LogP contribution in [0.5, 0.6) is 0 Å². The lowest BCUT2D eigenvalue weighted by molar-refractivity contribution is -0.121. The molecule has 9 heteroatoms. The number of hydrogen-bond donors (Lipinski definition) is 3. The van der Waals surface area contributed by atoms with Crippen molar-refractivity contribution in [2.75, 3.05) is 30.3 Å². The molecule has 1 amide bonds. The number of aryl methyl sites for hydroxylation is 1. The molecule has 2 aromatic rings. The molecule has 0 bridgehead atoms. The molecule has 0 atom stereocenters. The number of hydrogen-bond acceptors (Lipinski definition) is 7. The van der Waals surface area contributed by atoms with E-state index in [4.69, 9.17) is 0 Å². The number of nitrogens with one attached hydrogen (secondary N) is 3. The van der Waals surface area contributed by atoms with E-state index < -0.39 is 0 Å². The van der Waals surface area contributed by atoms with Gasteiger partial charge in [0, 0.05) is 37.7 Å². The van der Waals surface area contributed by atoms with Gasteiger partial charge in [-0.1, -0.05) is 0 Å². The first-order valence-corrected chi connectivity index (χ1v) is 9.21. The van der Waals surface area contributed by atoms with E-state index in [9.17, 15) is 9.59 Å². The van der Waals surface area contributed by atoms with E-state index in [0.29, 0.717) is 30.6 Å². The molecule has 9 nitrogen and oxygen atoms in total. The Morgan fingerprint density at radius 1 is 1.19 bits per heavy atom. The maximum absolute atomic E-state index is 12.1. The van der Waals surface area contributed by atoms with Crippen molar-refractivity contribution < 1.29 is 4.79 Å². The van der Waals surface area contributed by atoms with Crippen molar-refractivity contribution in [3.63, 3.8) is 0 Å². The lowest BCUT2D eigenvalue weighted by atomic mass is 10.3. The zero-order chi connectivity index (χ0) is 19.2. The lowest BCUT2D eigenvalue weighted by Crippen LogP contribution is -2.35. The van der Waals surface area contributed by atoms with Crippen molar-refractivity contribution in [2.45, 2.75) is 39.2 Å². The van der Waals surface area contributed by atoms with Crippen molar-refractivity contribution in [1.82, 2.24) is 24.8 Å². The first-order valence-electron chi connectivity index (χ1n) is 9.21. The molecule has 3 N–H and O–H groups in total. The maximum atomic E-state index is 12.1. The highest BCUT2D eigenvalue weighted by Gasteiger charge is 2.25. The zero-order valence-corrected chi connectivity index (χ0v) is 15.7. The van der Waals surface area contributed by atoms with Gasteiger partial charge in [-0.2, -0.15) is 0 Å².